The van der Waals surface area contributed by atoms with E-state index in [2.05, 4.69) is 32.5 Å². The van der Waals surface area contributed by atoms with Crippen molar-refractivity contribution in [2.75, 3.05) is 24.2 Å². The zero-order valence-electron chi connectivity index (χ0n) is 20.0. The van der Waals surface area contributed by atoms with Crippen LogP contribution in [0.4, 0.5) is 21.6 Å². The average Bonchev–Trinajstić information content (AvgIpc) is 3.29. The molecule has 1 atom stereocenters. The summed E-state index contributed by atoms with van der Waals surface area (Å²) in [5, 5.41) is 7.46. The number of benzene rings is 3. The normalized spacial score (nSPS) is 15.9. The third kappa shape index (κ3) is 5.59. The van der Waals surface area contributed by atoms with Crippen LogP contribution in [0.2, 0.25) is 10.0 Å². The summed E-state index contributed by atoms with van der Waals surface area (Å²) in [6.07, 6.45) is 7.11. The lowest BCUT2D eigenvalue weighted by Crippen LogP contribution is -2.23. The Morgan fingerprint density at radius 3 is 2.76 bits per heavy atom. The molecule has 1 saturated heterocycles. The van der Waals surface area contributed by atoms with Crippen LogP contribution >= 0.6 is 23.2 Å². The minimum absolute atomic E-state index is 0.00827. The first kappa shape index (κ1) is 25.1. The zero-order chi connectivity index (χ0) is 25.9. The average molecular weight is 536 g/mol. The van der Waals surface area contributed by atoms with E-state index in [1.165, 1.54) is 18.5 Å². The lowest BCUT2D eigenvalue weighted by molar-refractivity contribution is -0.111. The lowest BCUT2D eigenvalue weighted by Gasteiger charge is -2.17. The molecule has 1 aliphatic heterocycles. The Labute approximate surface area is 224 Å². The number of nitrogens with zero attached hydrogens (tertiary/aromatic N) is 3. The molecule has 0 bridgehead atoms. The summed E-state index contributed by atoms with van der Waals surface area (Å²) in [6, 6.07) is 15.6. The smallest absolute Gasteiger partial charge is 0.248 e. The molecule has 1 amide bonds. The molecule has 188 valence electrons. The van der Waals surface area contributed by atoms with E-state index in [1.54, 1.807) is 18.2 Å². The van der Waals surface area contributed by atoms with Crippen molar-refractivity contribution in [1.29, 1.82) is 0 Å². The van der Waals surface area contributed by atoms with Crippen LogP contribution in [0.5, 0.6) is 0 Å². The van der Waals surface area contributed by atoms with Gasteiger partial charge in [0.2, 0.25) is 5.91 Å². The highest BCUT2D eigenvalue weighted by atomic mass is 35.5. The molecule has 0 radical (unpaired) electrons. The number of aromatic nitrogens is 2. The number of carbonyl (C=O) groups is 1. The minimum Gasteiger partial charge on any atom is -0.340 e. The van der Waals surface area contributed by atoms with E-state index in [-0.39, 0.29) is 17.0 Å². The van der Waals surface area contributed by atoms with Gasteiger partial charge in [-0.25, -0.2) is 14.4 Å². The maximum Gasteiger partial charge on any atom is 0.248 e. The van der Waals surface area contributed by atoms with Gasteiger partial charge in [-0.15, -0.1) is 0 Å². The number of fused-ring (bicyclic) bond motifs is 1. The Hall–Kier alpha value is -3.52. The SMILES string of the molecule is CN1CCCC1C=CC(=O)Nc1ccc2ncnc(Nc3ccc(F)c(Cl)c3)c2c1-c1cccc(Cl)c1. The first-order chi connectivity index (χ1) is 17.9. The van der Waals surface area contributed by atoms with Gasteiger partial charge in [0.1, 0.15) is 18.0 Å². The van der Waals surface area contributed by atoms with Crippen molar-refractivity contribution in [1.82, 2.24) is 14.9 Å². The molecular formula is C28H24Cl2FN5O. The Morgan fingerprint density at radius 1 is 1.14 bits per heavy atom. The maximum absolute atomic E-state index is 13.7. The van der Waals surface area contributed by atoms with E-state index in [1.807, 2.05) is 36.4 Å². The molecule has 3 aromatic carbocycles. The van der Waals surface area contributed by atoms with Crippen molar-refractivity contribution in [2.45, 2.75) is 18.9 Å². The van der Waals surface area contributed by atoms with Crippen LogP contribution in [0.1, 0.15) is 12.8 Å². The molecule has 2 heterocycles. The molecule has 0 saturated carbocycles. The molecule has 1 fully saturated rings. The molecule has 0 aliphatic carbocycles. The van der Waals surface area contributed by atoms with Crippen molar-refractivity contribution >= 4 is 57.2 Å². The van der Waals surface area contributed by atoms with Crippen LogP contribution in [0.15, 0.2) is 73.1 Å². The second-order valence-corrected chi connectivity index (χ2v) is 9.75. The second-order valence-electron chi connectivity index (χ2n) is 8.91. The molecule has 4 aromatic rings. The van der Waals surface area contributed by atoms with Crippen molar-refractivity contribution in [3.05, 3.63) is 88.9 Å². The molecule has 1 aliphatic rings. The Kier molecular flexibility index (Phi) is 7.37. The molecule has 9 heteroatoms. The summed E-state index contributed by atoms with van der Waals surface area (Å²) in [5.41, 5.74) is 3.28. The molecule has 1 unspecified atom stereocenters. The van der Waals surface area contributed by atoms with E-state index in [4.69, 9.17) is 23.2 Å². The number of likely N-dealkylation sites (N-methyl/N-ethyl adjacent to an activating group) is 1. The number of nitrogens with one attached hydrogen (secondary N) is 2. The van der Waals surface area contributed by atoms with Crippen molar-refractivity contribution in [3.63, 3.8) is 0 Å². The fraction of sp³-hybridized carbons (Fsp3) is 0.179. The number of rotatable bonds is 6. The van der Waals surface area contributed by atoms with Gasteiger partial charge in [-0.3, -0.25) is 9.69 Å². The second kappa shape index (κ2) is 10.8. The number of anilines is 3. The Bertz CT molecular complexity index is 1510. The molecule has 1 aromatic heterocycles. The van der Waals surface area contributed by atoms with Crippen LogP contribution in [-0.2, 0) is 4.79 Å². The molecule has 2 N–H and O–H groups in total. The van der Waals surface area contributed by atoms with Crippen LogP contribution in [-0.4, -0.2) is 40.4 Å². The Morgan fingerprint density at radius 2 is 2.00 bits per heavy atom. The summed E-state index contributed by atoms with van der Waals surface area (Å²) >= 11 is 12.3. The third-order valence-corrected chi connectivity index (χ3v) is 6.93. The predicted octanol–water partition coefficient (Wildman–Crippen LogP) is 7.08. The molecule has 37 heavy (non-hydrogen) atoms. The van der Waals surface area contributed by atoms with Gasteiger partial charge in [0.25, 0.3) is 0 Å². The summed E-state index contributed by atoms with van der Waals surface area (Å²) in [5.74, 6) is -0.275. The van der Waals surface area contributed by atoms with Crippen molar-refractivity contribution < 1.29 is 9.18 Å². The summed E-state index contributed by atoms with van der Waals surface area (Å²) < 4.78 is 13.7. The van der Waals surface area contributed by atoms with E-state index in [0.29, 0.717) is 38.7 Å². The van der Waals surface area contributed by atoms with Crippen LogP contribution in [0, 0.1) is 5.82 Å². The fourth-order valence-corrected chi connectivity index (χ4v) is 4.93. The molecular weight excluding hydrogens is 512 g/mol. The van der Waals surface area contributed by atoms with E-state index in [9.17, 15) is 9.18 Å². The first-order valence-electron chi connectivity index (χ1n) is 11.8. The third-order valence-electron chi connectivity index (χ3n) is 6.40. The quantitative estimate of drug-likeness (QED) is 0.258. The minimum atomic E-state index is -0.513. The summed E-state index contributed by atoms with van der Waals surface area (Å²) in [6.45, 7) is 1.02. The van der Waals surface area contributed by atoms with Gasteiger partial charge >= 0.3 is 0 Å². The Balaban J connectivity index is 1.59. The summed E-state index contributed by atoms with van der Waals surface area (Å²) in [7, 11) is 2.06. The number of hydrogen-bond acceptors (Lipinski definition) is 5. The van der Waals surface area contributed by atoms with Crippen LogP contribution in [0.3, 0.4) is 0 Å². The highest BCUT2D eigenvalue weighted by Gasteiger charge is 2.20. The van der Waals surface area contributed by atoms with Gasteiger partial charge in [-0.2, -0.15) is 0 Å². The zero-order valence-corrected chi connectivity index (χ0v) is 21.5. The molecule has 0 spiro atoms. The lowest BCUT2D eigenvalue weighted by atomic mass is 9.98. The number of carbonyl (C=O) groups excluding carboxylic acids is 1. The number of amides is 1. The van der Waals surface area contributed by atoms with Crippen LogP contribution < -0.4 is 10.6 Å². The number of halogens is 3. The van der Waals surface area contributed by atoms with Gasteiger partial charge in [-0.05, 0) is 74.5 Å². The molecule has 6 nitrogen and oxygen atoms in total. The molecule has 5 rings (SSSR count). The van der Waals surface area contributed by atoms with E-state index >= 15 is 0 Å². The van der Waals surface area contributed by atoms with Gasteiger partial charge in [0, 0.05) is 34.1 Å². The van der Waals surface area contributed by atoms with Crippen LogP contribution in [0.25, 0.3) is 22.0 Å². The van der Waals surface area contributed by atoms with Gasteiger partial charge in [-0.1, -0.05) is 41.4 Å². The maximum atomic E-state index is 13.7. The van der Waals surface area contributed by atoms with Crippen molar-refractivity contribution in [2.24, 2.45) is 0 Å². The van der Waals surface area contributed by atoms with E-state index in [0.717, 1.165) is 24.9 Å². The predicted molar refractivity (Wildman–Crippen MR) is 148 cm³/mol. The topological polar surface area (TPSA) is 70.2 Å². The van der Waals surface area contributed by atoms with Gasteiger partial charge in [0.15, 0.2) is 0 Å². The van der Waals surface area contributed by atoms with E-state index < -0.39 is 5.82 Å². The standard InChI is InChI=1S/C28H24Cl2FN5O/c1-36-13-3-6-20(36)8-12-25(37)35-24-11-10-23-27(26(24)17-4-2-5-18(29)14-17)28(33-16-32-23)34-19-7-9-22(31)21(30)15-19/h2,4-5,7-12,14-16,20H,3,6,13H2,1H3,(H,35,37)(H,32,33,34). The first-order valence-corrected chi connectivity index (χ1v) is 12.6. The monoisotopic (exact) mass is 535 g/mol. The summed E-state index contributed by atoms with van der Waals surface area (Å²) in [4.78, 5) is 24.1. The van der Waals surface area contributed by atoms with Gasteiger partial charge < -0.3 is 10.6 Å². The largest absolute Gasteiger partial charge is 0.340 e. The number of hydrogen-bond donors (Lipinski definition) is 2. The highest BCUT2D eigenvalue weighted by molar-refractivity contribution is 6.31. The number of likely N-dealkylation sites (tertiary alicyclic amines) is 1. The van der Waals surface area contributed by atoms with Crippen molar-refractivity contribution in [3.8, 4) is 11.1 Å². The highest BCUT2D eigenvalue weighted by Crippen LogP contribution is 2.40. The van der Waals surface area contributed by atoms with Gasteiger partial charge in [0.05, 0.1) is 15.9 Å². The fourth-order valence-electron chi connectivity index (χ4n) is 4.56.